The maximum absolute atomic E-state index is 11.7. The number of nitrogens with zero attached hydrogens (tertiary/aromatic N) is 2. The van der Waals surface area contributed by atoms with Crippen molar-refractivity contribution >= 4 is 114 Å². The van der Waals surface area contributed by atoms with Crippen LogP contribution in [0.3, 0.4) is 0 Å². The third-order valence-corrected chi connectivity index (χ3v) is 5.75. The number of carbonyl (C=O) groups is 2. The van der Waals surface area contributed by atoms with Crippen LogP contribution in [-0.2, 0) is 18.7 Å². The summed E-state index contributed by atoms with van der Waals surface area (Å²) in [5.41, 5.74) is 3.33. The number of hydrogen-bond acceptors (Lipinski definition) is 12. The summed E-state index contributed by atoms with van der Waals surface area (Å²) >= 11 is 8.33. The molecule has 18 heteroatoms. The van der Waals surface area contributed by atoms with Gasteiger partial charge >= 0.3 is 142 Å². The van der Waals surface area contributed by atoms with Crippen molar-refractivity contribution in [2.24, 2.45) is 0 Å². The van der Waals surface area contributed by atoms with Gasteiger partial charge < -0.3 is 29.7 Å². The predicted molar refractivity (Wildman–Crippen MR) is 172 cm³/mol. The Labute approximate surface area is 365 Å². The topological polar surface area (TPSA) is 191 Å². The zero-order chi connectivity index (χ0) is 34.9. The summed E-state index contributed by atoms with van der Waals surface area (Å²) in [5, 5.41) is 25.3. The van der Waals surface area contributed by atoms with Crippen molar-refractivity contribution in [1.29, 1.82) is 0 Å². The van der Waals surface area contributed by atoms with Crippen molar-refractivity contribution in [2.75, 3.05) is 13.2 Å². The first-order valence-electron chi connectivity index (χ1n) is 14.4. The Balaban J connectivity index is -0.000000558. The SMILES string of the molecule is C=Cc1cc(C2CC2)c(C(=O)OCC)cn1.C=Cc1cc(Cl)c(C(=O)OC[CH2+])cn1.CC.O=[P+]([O-])O[O-].OB(O)C1CC1.[K+].[K][K]. The van der Waals surface area contributed by atoms with E-state index in [2.05, 4.69) is 39.5 Å². The van der Waals surface area contributed by atoms with Gasteiger partial charge in [-0.2, -0.15) is 0 Å². The van der Waals surface area contributed by atoms with Crippen molar-refractivity contribution in [3.05, 3.63) is 77.7 Å². The molecule has 2 aromatic heterocycles. The Morgan fingerprint density at radius 1 is 1.07 bits per heavy atom. The standard InChI is InChI=1S/C13H15NO2.C10H9ClNO2.C3H7BO2.C2H6.3K.HO4P/c1-3-10-7-11(9-5-6-9)12(8-14-10)13(15)16-4-2;1-3-7-5-9(11)8(6-12-7)10(13)14-4-2;5-4(6)3-1-2-3;1-2;;;;1-4-5(2)3/h3,7-9H,1,4-6H2,2H3;3,5-6H,1-2,4H2;3,5-6H,1-2H2;1-2H3;;;;1H/q;+1;;;;;+1;/p-1. The van der Waals surface area contributed by atoms with E-state index in [-0.39, 0.29) is 75.3 Å². The van der Waals surface area contributed by atoms with E-state index in [1.807, 2.05) is 19.9 Å². The Morgan fingerprint density at radius 2 is 1.52 bits per heavy atom. The van der Waals surface area contributed by atoms with Gasteiger partial charge in [-0.1, -0.05) is 51.4 Å². The molecule has 1 unspecified atom stereocenters. The molecule has 1 atom stereocenters. The van der Waals surface area contributed by atoms with Gasteiger partial charge in [0.15, 0.2) is 0 Å². The van der Waals surface area contributed by atoms with Gasteiger partial charge in [-0.15, -0.1) is 0 Å². The molecule has 2 N–H and O–H groups in total. The Bertz CT molecular complexity index is 1210. The van der Waals surface area contributed by atoms with E-state index in [1.165, 1.54) is 69.4 Å². The molecule has 2 saturated carbocycles. The molecule has 0 amide bonds. The number of halogens is 1. The van der Waals surface area contributed by atoms with Crippen LogP contribution in [0.5, 0.6) is 0 Å². The Kier molecular flexibility index (Phi) is 37.0. The van der Waals surface area contributed by atoms with E-state index < -0.39 is 21.3 Å². The maximum atomic E-state index is 11.7. The van der Waals surface area contributed by atoms with E-state index in [9.17, 15) is 9.59 Å². The summed E-state index contributed by atoms with van der Waals surface area (Å²) in [7, 11) is -4.19. The summed E-state index contributed by atoms with van der Waals surface area (Å²) in [5.74, 6) is -0.0771. The minimum absolute atomic E-state index is 0. The molecule has 2 aliphatic carbocycles. The molecule has 2 fully saturated rings. The quantitative estimate of drug-likeness (QED) is 0.0893. The first-order valence-corrected chi connectivity index (χ1v) is 31.8. The summed E-state index contributed by atoms with van der Waals surface area (Å²) < 4.78 is 21.0. The molecule has 0 aliphatic heterocycles. The molecule has 12 nitrogen and oxygen atoms in total. The van der Waals surface area contributed by atoms with Crippen molar-refractivity contribution in [2.45, 2.75) is 58.2 Å². The van der Waals surface area contributed by atoms with Crippen molar-refractivity contribution in [3.63, 3.8) is 0 Å². The third kappa shape index (κ3) is 24.0. The van der Waals surface area contributed by atoms with E-state index >= 15 is 0 Å². The average molecular weight is 756 g/mol. The van der Waals surface area contributed by atoms with Gasteiger partial charge in [0.25, 0.3) is 0 Å². The van der Waals surface area contributed by atoms with E-state index in [0.717, 1.165) is 36.9 Å². The van der Waals surface area contributed by atoms with Gasteiger partial charge in [0, 0.05) is 12.4 Å². The van der Waals surface area contributed by atoms with Crippen LogP contribution in [0, 0.1) is 6.92 Å². The molecule has 4 rings (SSSR count). The van der Waals surface area contributed by atoms with Crippen LogP contribution in [-0.4, -0.2) is 115 Å². The molecular weight excluding hydrogens is 719 g/mol. The monoisotopic (exact) mass is 755 g/mol. The van der Waals surface area contributed by atoms with Gasteiger partial charge in [-0.3, -0.25) is 9.97 Å². The minimum atomic E-state index is -3.15. The second kappa shape index (κ2) is 32.6. The average Bonchev–Trinajstić information content (AvgIpc) is 3.97. The molecule has 0 radical (unpaired) electrons. The van der Waals surface area contributed by atoms with Crippen molar-refractivity contribution in [3.8, 4) is 0 Å². The van der Waals surface area contributed by atoms with Crippen molar-refractivity contribution < 1.29 is 99.9 Å². The molecule has 236 valence electrons. The summed E-state index contributed by atoms with van der Waals surface area (Å²) in [6.45, 7) is 16.9. The second-order valence-electron chi connectivity index (χ2n) is 8.37. The first kappa shape index (κ1) is 52.1. The van der Waals surface area contributed by atoms with Crippen LogP contribution < -0.4 is 61.5 Å². The molecule has 2 heterocycles. The molecule has 46 heavy (non-hydrogen) atoms. The number of rotatable bonds is 9. The number of hydrogen-bond donors (Lipinski definition) is 2. The number of esters is 2. The van der Waals surface area contributed by atoms with Gasteiger partial charge in [0.05, 0.1) is 34.1 Å². The first-order chi connectivity index (χ1) is 21.5. The van der Waals surface area contributed by atoms with E-state index in [0.29, 0.717) is 28.8 Å². The molecule has 2 aromatic rings. The van der Waals surface area contributed by atoms with Crippen molar-refractivity contribution in [1.82, 2.24) is 9.97 Å². The normalized spacial score (nSPS) is 12.2. The predicted octanol–water partition coefficient (Wildman–Crippen LogP) is 0.335. The van der Waals surface area contributed by atoms with Crippen LogP contribution in [0.2, 0.25) is 10.8 Å². The van der Waals surface area contributed by atoms with Gasteiger partial charge in [-0.25, -0.2) is 14.3 Å². The number of aromatic nitrogens is 2. The molecular formula is C28H37BClK3N2O10P+. The fourth-order valence-corrected chi connectivity index (χ4v) is 3.22. The Morgan fingerprint density at radius 3 is 1.85 bits per heavy atom. The molecule has 2 aliphatic rings. The van der Waals surface area contributed by atoms with Crippen LogP contribution >= 0.6 is 19.9 Å². The van der Waals surface area contributed by atoms with E-state index in [1.54, 1.807) is 31.3 Å². The Hall–Kier alpha value is 1.75. The fraction of sp³-hybridized carbons (Fsp3) is 0.393. The summed E-state index contributed by atoms with van der Waals surface area (Å²) in [6.07, 6.45) is 10.5. The molecule has 0 bridgehead atoms. The van der Waals surface area contributed by atoms with Crippen LogP contribution in [0.4, 0.5) is 0 Å². The van der Waals surface area contributed by atoms with Gasteiger partial charge in [0.1, 0.15) is 6.92 Å². The number of pyridine rings is 2. The zero-order valence-electron chi connectivity index (χ0n) is 27.4. The fourth-order valence-electron chi connectivity index (χ4n) is 2.98. The van der Waals surface area contributed by atoms with Gasteiger partial charge in [0.2, 0.25) is 6.61 Å². The molecule has 0 spiro atoms. The zero-order valence-corrected chi connectivity index (χ0v) is 38.5. The van der Waals surface area contributed by atoms with Crippen LogP contribution in [0.1, 0.15) is 90.0 Å². The number of carbonyl (C=O) groups excluding carboxylic acids is 2. The van der Waals surface area contributed by atoms with E-state index in [4.69, 9.17) is 41.1 Å². The number of ether oxygens (including phenoxy) is 2. The summed E-state index contributed by atoms with van der Waals surface area (Å²) in [6, 6.07) is 3.49. The van der Waals surface area contributed by atoms with Crippen LogP contribution in [0.25, 0.3) is 12.2 Å². The second-order valence-corrected chi connectivity index (χ2v) is 9.38. The summed E-state index contributed by atoms with van der Waals surface area (Å²) in [4.78, 5) is 39.9. The third-order valence-electron chi connectivity index (χ3n) is 5.32. The van der Waals surface area contributed by atoms with Crippen LogP contribution in [0.15, 0.2) is 37.7 Å². The molecule has 0 saturated heterocycles. The van der Waals surface area contributed by atoms with Gasteiger partial charge in [-0.05, 0) is 65.9 Å². The molecule has 0 aromatic carbocycles.